The van der Waals surface area contributed by atoms with Gasteiger partial charge in [-0.25, -0.2) is 4.79 Å². The van der Waals surface area contributed by atoms with Gasteiger partial charge in [0.15, 0.2) is 0 Å². The molecule has 1 fully saturated rings. The average molecular weight is 309 g/mol. The molecule has 1 unspecified atom stereocenters. The molecule has 2 rings (SSSR count). The Morgan fingerprint density at radius 2 is 2.23 bits per heavy atom. The zero-order valence-corrected chi connectivity index (χ0v) is 14.0. The van der Waals surface area contributed by atoms with Crippen molar-refractivity contribution in [3.05, 3.63) is 17.0 Å². The van der Waals surface area contributed by atoms with E-state index in [4.69, 9.17) is 4.52 Å². The molecule has 2 amide bonds. The molecule has 6 nitrogen and oxygen atoms in total. The monoisotopic (exact) mass is 309 g/mol. The number of nitrogens with one attached hydrogen (secondary N) is 1. The van der Waals surface area contributed by atoms with E-state index in [1.165, 1.54) is 0 Å². The third kappa shape index (κ3) is 3.80. The predicted octanol–water partition coefficient (Wildman–Crippen LogP) is 2.17. The van der Waals surface area contributed by atoms with Gasteiger partial charge in [0.1, 0.15) is 5.76 Å². The predicted molar refractivity (Wildman–Crippen MR) is 83.7 cm³/mol. The Labute approximate surface area is 131 Å². The van der Waals surface area contributed by atoms with Crippen molar-refractivity contribution in [2.45, 2.75) is 65.0 Å². The number of aryl methyl sites for hydroxylation is 2. The molecule has 0 aliphatic carbocycles. The van der Waals surface area contributed by atoms with Crippen molar-refractivity contribution in [1.29, 1.82) is 0 Å². The highest BCUT2D eigenvalue weighted by Crippen LogP contribution is 2.26. The summed E-state index contributed by atoms with van der Waals surface area (Å²) < 4.78 is 5.13. The van der Waals surface area contributed by atoms with Gasteiger partial charge >= 0.3 is 6.03 Å². The Morgan fingerprint density at radius 1 is 1.50 bits per heavy atom. The van der Waals surface area contributed by atoms with E-state index in [2.05, 4.69) is 10.5 Å². The first kappa shape index (κ1) is 16.8. The van der Waals surface area contributed by atoms with Crippen molar-refractivity contribution in [2.75, 3.05) is 13.1 Å². The van der Waals surface area contributed by atoms with Gasteiger partial charge in [-0.15, -0.1) is 0 Å². The van der Waals surface area contributed by atoms with Crippen LogP contribution >= 0.6 is 0 Å². The number of nitrogens with zero attached hydrogens (tertiary/aromatic N) is 2. The van der Waals surface area contributed by atoms with Crippen LogP contribution in [0.4, 0.5) is 4.79 Å². The van der Waals surface area contributed by atoms with E-state index in [1.807, 2.05) is 13.8 Å². The topological polar surface area (TPSA) is 78.6 Å². The summed E-state index contributed by atoms with van der Waals surface area (Å²) in [7, 11) is 0. The summed E-state index contributed by atoms with van der Waals surface area (Å²) in [6.45, 7) is 8.69. The molecule has 2 heterocycles. The summed E-state index contributed by atoms with van der Waals surface area (Å²) in [4.78, 5) is 14.0. The second-order valence-corrected chi connectivity index (χ2v) is 6.64. The zero-order chi connectivity index (χ0) is 16.3. The Bertz CT molecular complexity index is 500. The first-order valence-electron chi connectivity index (χ1n) is 7.99. The fraction of sp³-hybridized carbons (Fsp3) is 0.750. The second kappa shape index (κ2) is 6.69. The first-order valence-corrected chi connectivity index (χ1v) is 7.99. The minimum absolute atomic E-state index is 0.0802. The molecule has 124 valence electrons. The normalized spacial score (nSPS) is 18.8. The average Bonchev–Trinajstić information content (AvgIpc) is 3.03. The number of likely N-dealkylation sites (tertiary alicyclic amines) is 1. The largest absolute Gasteiger partial charge is 0.388 e. The second-order valence-electron chi connectivity index (χ2n) is 6.64. The molecule has 0 radical (unpaired) electrons. The molecule has 22 heavy (non-hydrogen) atoms. The van der Waals surface area contributed by atoms with Crippen LogP contribution < -0.4 is 5.32 Å². The van der Waals surface area contributed by atoms with E-state index in [0.29, 0.717) is 13.1 Å². The molecule has 2 N–H and O–H groups in total. The fourth-order valence-corrected chi connectivity index (χ4v) is 3.17. The summed E-state index contributed by atoms with van der Waals surface area (Å²) in [5.74, 6) is 0.852. The van der Waals surface area contributed by atoms with Crippen LogP contribution in [0.15, 0.2) is 4.52 Å². The van der Waals surface area contributed by atoms with Gasteiger partial charge in [-0.2, -0.15) is 0 Å². The maximum atomic E-state index is 12.3. The van der Waals surface area contributed by atoms with Crippen LogP contribution in [0.1, 0.15) is 50.1 Å². The van der Waals surface area contributed by atoms with E-state index < -0.39 is 5.60 Å². The molecular weight excluding hydrogens is 282 g/mol. The Kier molecular flexibility index (Phi) is 5.11. The van der Waals surface area contributed by atoms with E-state index >= 15 is 0 Å². The van der Waals surface area contributed by atoms with Gasteiger partial charge in [0.05, 0.1) is 17.3 Å². The van der Waals surface area contributed by atoms with Crippen LogP contribution in [0.2, 0.25) is 0 Å². The molecule has 1 aromatic heterocycles. The van der Waals surface area contributed by atoms with Crippen LogP contribution in [0.5, 0.6) is 0 Å². The number of aromatic nitrogens is 1. The van der Waals surface area contributed by atoms with Crippen molar-refractivity contribution < 1.29 is 14.4 Å². The minimum atomic E-state index is -0.857. The third-order valence-corrected chi connectivity index (χ3v) is 4.39. The van der Waals surface area contributed by atoms with E-state index in [-0.39, 0.29) is 12.1 Å². The number of carbonyl (C=O) groups is 1. The highest BCUT2D eigenvalue weighted by atomic mass is 16.5. The summed E-state index contributed by atoms with van der Waals surface area (Å²) in [5, 5.41) is 17.0. The van der Waals surface area contributed by atoms with Crippen LogP contribution in [0, 0.1) is 13.8 Å². The lowest BCUT2D eigenvalue weighted by atomic mass is 9.97. The van der Waals surface area contributed by atoms with Crippen LogP contribution in [0.3, 0.4) is 0 Å². The fourth-order valence-electron chi connectivity index (χ4n) is 3.17. The Morgan fingerprint density at radius 3 is 2.82 bits per heavy atom. The van der Waals surface area contributed by atoms with Crippen LogP contribution in [0.25, 0.3) is 0 Å². The zero-order valence-electron chi connectivity index (χ0n) is 14.0. The Balaban J connectivity index is 1.78. The highest BCUT2D eigenvalue weighted by Gasteiger charge is 2.38. The van der Waals surface area contributed by atoms with Crippen molar-refractivity contribution in [1.82, 2.24) is 15.4 Å². The van der Waals surface area contributed by atoms with Crippen LogP contribution in [-0.4, -0.2) is 45.9 Å². The number of urea groups is 1. The van der Waals surface area contributed by atoms with Gasteiger partial charge in [0.2, 0.25) is 0 Å². The summed E-state index contributed by atoms with van der Waals surface area (Å²) in [6.07, 6.45) is 3.49. The first-order chi connectivity index (χ1) is 10.3. The molecule has 1 aliphatic rings. The van der Waals surface area contributed by atoms with Gasteiger partial charge in [0.25, 0.3) is 0 Å². The maximum Gasteiger partial charge on any atom is 0.317 e. The number of carbonyl (C=O) groups excluding carboxylic acids is 1. The molecule has 0 spiro atoms. The van der Waals surface area contributed by atoms with Gasteiger partial charge < -0.3 is 19.8 Å². The van der Waals surface area contributed by atoms with E-state index in [9.17, 15) is 9.90 Å². The summed E-state index contributed by atoms with van der Waals surface area (Å²) >= 11 is 0. The van der Waals surface area contributed by atoms with Gasteiger partial charge in [0, 0.05) is 18.7 Å². The summed E-state index contributed by atoms with van der Waals surface area (Å²) in [5.41, 5.74) is 1.19. The lowest BCUT2D eigenvalue weighted by Crippen LogP contribution is -2.51. The van der Waals surface area contributed by atoms with Crippen molar-refractivity contribution in [3.8, 4) is 0 Å². The molecule has 0 bridgehead atoms. The molecule has 1 atom stereocenters. The van der Waals surface area contributed by atoms with Gasteiger partial charge in [-0.1, -0.05) is 5.16 Å². The number of aliphatic hydroxyl groups is 1. The van der Waals surface area contributed by atoms with Crippen molar-refractivity contribution >= 4 is 6.03 Å². The van der Waals surface area contributed by atoms with Gasteiger partial charge in [-0.3, -0.25) is 0 Å². The maximum absolute atomic E-state index is 12.3. The van der Waals surface area contributed by atoms with E-state index in [1.54, 1.807) is 18.7 Å². The van der Waals surface area contributed by atoms with Crippen molar-refractivity contribution in [2.24, 2.45) is 0 Å². The lowest BCUT2D eigenvalue weighted by molar-refractivity contribution is 0.00985. The SMILES string of the molecule is Cc1noc(C)c1CCCNC(=O)N1CCCC1C(C)(C)O. The Hall–Kier alpha value is -1.56. The molecule has 1 aliphatic heterocycles. The molecule has 6 heteroatoms. The smallest absolute Gasteiger partial charge is 0.317 e. The van der Waals surface area contributed by atoms with Gasteiger partial charge in [-0.05, 0) is 53.4 Å². The van der Waals surface area contributed by atoms with Crippen LogP contribution in [-0.2, 0) is 6.42 Å². The number of hydrogen-bond acceptors (Lipinski definition) is 4. The van der Waals surface area contributed by atoms with E-state index in [0.717, 1.165) is 42.7 Å². The molecule has 0 saturated carbocycles. The molecule has 1 saturated heterocycles. The summed E-state index contributed by atoms with van der Waals surface area (Å²) in [6, 6.07) is -0.182. The third-order valence-electron chi connectivity index (χ3n) is 4.39. The molecule has 0 aromatic carbocycles. The molecule has 1 aromatic rings. The number of hydrogen-bond donors (Lipinski definition) is 2. The number of rotatable bonds is 5. The lowest BCUT2D eigenvalue weighted by Gasteiger charge is -2.33. The number of amides is 2. The van der Waals surface area contributed by atoms with Crippen molar-refractivity contribution in [3.63, 3.8) is 0 Å². The minimum Gasteiger partial charge on any atom is -0.388 e. The highest BCUT2D eigenvalue weighted by molar-refractivity contribution is 5.75. The quantitative estimate of drug-likeness (QED) is 0.817. The standard InChI is InChI=1S/C16H27N3O3/c1-11-13(12(2)22-18-11)7-5-9-17-15(20)19-10-6-8-14(19)16(3,4)21/h14,21H,5-10H2,1-4H3,(H,17,20). The molecular formula is C16H27N3O3.